The first-order valence-electron chi connectivity index (χ1n) is 6.12. The van der Waals surface area contributed by atoms with Crippen molar-refractivity contribution in [2.75, 3.05) is 24.2 Å². The van der Waals surface area contributed by atoms with Gasteiger partial charge in [0.2, 0.25) is 0 Å². The molecule has 18 heavy (non-hydrogen) atoms. The van der Waals surface area contributed by atoms with E-state index in [2.05, 4.69) is 9.88 Å². The number of rotatable bonds is 4. The minimum absolute atomic E-state index is 0.286. The number of fused-ring (bicyclic) bond motifs is 1. The third-order valence-corrected chi connectivity index (χ3v) is 3.07. The number of nitrogen functional groups attached to an aromatic ring is 1. The van der Waals surface area contributed by atoms with Gasteiger partial charge in [-0.1, -0.05) is 0 Å². The van der Waals surface area contributed by atoms with Gasteiger partial charge >= 0.3 is 0 Å². The number of aliphatic hydroxyl groups is 1. The Labute approximate surface area is 107 Å². The smallest absolute Gasteiger partial charge is 0.0951 e. The summed E-state index contributed by atoms with van der Waals surface area (Å²) in [5.41, 5.74) is 8.54. The molecule has 1 unspecified atom stereocenters. The van der Waals surface area contributed by atoms with Crippen LogP contribution in [0.3, 0.4) is 0 Å². The zero-order valence-corrected chi connectivity index (χ0v) is 10.8. The van der Waals surface area contributed by atoms with Gasteiger partial charge in [0.1, 0.15) is 0 Å². The molecule has 96 valence electrons. The van der Waals surface area contributed by atoms with Gasteiger partial charge in [0, 0.05) is 30.9 Å². The Kier molecular flexibility index (Phi) is 3.67. The van der Waals surface area contributed by atoms with Crippen LogP contribution >= 0.6 is 0 Å². The predicted molar refractivity (Wildman–Crippen MR) is 75.7 cm³/mol. The molecule has 1 aromatic heterocycles. The Hall–Kier alpha value is -1.81. The van der Waals surface area contributed by atoms with Gasteiger partial charge in [-0.2, -0.15) is 0 Å². The summed E-state index contributed by atoms with van der Waals surface area (Å²) in [7, 11) is 2.01. The van der Waals surface area contributed by atoms with E-state index in [1.807, 2.05) is 31.3 Å². The fraction of sp³-hybridized carbons (Fsp3) is 0.357. The molecule has 2 aromatic rings. The Balaban J connectivity index is 2.36. The lowest BCUT2D eigenvalue weighted by Gasteiger charge is -2.22. The number of hydrogen-bond acceptors (Lipinski definition) is 4. The Morgan fingerprint density at radius 2 is 2.17 bits per heavy atom. The van der Waals surface area contributed by atoms with E-state index < -0.39 is 0 Å². The van der Waals surface area contributed by atoms with Crippen LogP contribution < -0.4 is 10.6 Å². The van der Waals surface area contributed by atoms with Crippen LogP contribution in [0.25, 0.3) is 10.9 Å². The minimum atomic E-state index is -0.286. The number of aromatic nitrogens is 1. The molecular weight excluding hydrogens is 226 g/mol. The van der Waals surface area contributed by atoms with Crippen LogP contribution in [0, 0.1) is 0 Å². The topological polar surface area (TPSA) is 62.4 Å². The molecule has 0 aliphatic heterocycles. The maximum absolute atomic E-state index is 9.35. The number of pyridine rings is 1. The molecule has 1 atom stereocenters. The van der Waals surface area contributed by atoms with Crippen molar-refractivity contribution < 1.29 is 5.11 Å². The molecule has 0 saturated carbocycles. The highest BCUT2D eigenvalue weighted by atomic mass is 16.3. The van der Waals surface area contributed by atoms with Gasteiger partial charge in [-0.15, -0.1) is 0 Å². The summed E-state index contributed by atoms with van der Waals surface area (Å²) < 4.78 is 0. The minimum Gasteiger partial charge on any atom is -0.397 e. The van der Waals surface area contributed by atoms with Gasteiger partial charge in [0.05, 0.1) is 17.3 Å². The molecule has 1 aromatic carbocycles. The highest BCUT2D eigenvalue weighted by Crippen LogP contribution is 2.28. The summed E-state index contributed by atoms with van der Waals surface area (Å²) in [6, 6.07) is 7.81. The molecule has 0 radical (unpaired) electrons. The van der Waals surface area contributed by atoms with E-state index in [-0.39, 0.29) is 6.10 Å². The molecular formula is C14H19N3O. The summed E-state index contributed by atoms with van der Waals surface area (Å²) >= 11 is 0. The van der Waals surface area contributed by atoms with Crippen LogP contribution in [-0.4, -0.2) is 29.8 Å². The van der Waals surface area contributed by atoms with Gasteiger partial charge in [-0.25, -0.2) is 0 Å². The second-order valence-electron chi connectivity index (χ2n) is 4.63. The van der Waals surface area contributed by atoms with E-state index in [0.717, 1.165) is 29.6 Å². The lowest BCUT2D eigenvalue weighted by molar-refractivity contribution is 0.187. The molecule has 4 heteroatoms. The molecule has 0 spiro atoms. The number of nitrogens with zero attached hydrogens (tertiary/aromatic N) is 2. The molecule has 2 rings (SSSR count). The monoisotopic (exact) mass is 245 g/mol. The average Bonchev–Trinajstić information content (AvgIpc) is 2.37. The maximum Gasteiger partial charge on any atom is 0.0951 e. The van der Waals surface area contributed by atoms with E-state index in [0.29, 0.717) is 5.69 Å². The van der Waals surface area contributed by atoms with Gasteiger partial charge < -0.3 is 15.7 Å². The van der Waals surface area contributed by atoms with Crippen LogP contribution in [0.15, 0.2) is 30.5 Å². The largest absolute Gasteiger partial charge is 0.397 e. The van der Waals surface area contributed by atoms with E-state index in [9.17, 15) is 5.11 Å². The Morgan fingerprint density at radius 1 is 1.39 bits per heavy atom. The lowest BCUT2D eigenvalue weighted by atomic mass is 10.1. The van der Waals surface area contributed by atoms with Crippen LogP contribution in [0.1, 0.15) is 13.3 Å². The van der Waals surface area contributed by atoms with Crippen LogP contribution in [0.5, 0.6) is 0 Å². The maximum atomic E-state index is 9.35. The van der Waals surface area contributed by atoms with Gasteiger partial charge in [-0.05, 0) is 37.6 Å². The number of hydrogen-bond donors (Lipinski definition) is 2. The summed E-state index contributed by atoms with van der Waals surface area (Å²) in [6.07, 6.45) is 2.20. The van der Waals surface area contributed by atoms with E-state index in [1.54, 1.807) is 13.1 Å². The zero-order chi connectivity index (χ0) is 13.1. The zero-order valence-electron chi connectivity index (χ0n) is 10.8. The highest BCUT2D eigenvalue weighted by molar-refractivity contribution is 5.98. The second-order valence-corrected chi connectivity index (χ2v) is 4.63. The average molecular weight is 245 g/mol. The summed E-state index contributed by atoms with van der Waals surface area (Å²) in [5, 5.41) is 10.4. The second kappa shape index (κ2) is 5.23. The molecule has 3 N–H and O–H groups in total. The molecule has 0 fully saturated rings. The number of aliphatic hydroxyl groups excluding tert-OH is 1. The molecule has 0 aliphatic rings. The predicted octanol–water partition coefficient (Wildman–Crippen LogP) is 2.02. The third-order valence-electron chi connectivity index (χ3n) is 3.07. The number of benzene rings is 1. The van der Waals surface area contributed by atoms with Crippen molar-refractivity contribution in [1.82, 2.24) is 4.98 Å². The normalized spacial score (nSPS) is 12.6. The molecule has 4 nitrogen and oxygen atoms in total. The van der Waals surface area contributed by atoms with Crippen LogP contribution in [0.4, 0.5) is 11.4 Å². The van der Waals surface area contributed by atoms with E-state index >= 15 is 0 Å². The SMILES string of the molecule is CC(O)CCN(C)c1ccc(N)c2ncccc12. The molecule has 0 bridgehead atoms. The first kappa shape index (κ1) is 12.6. The summed E-state index contributed by atoms with van der Waals surface area (Å²) in [4.78, 5) is 6.44. The third kappa shape index (κ3) is 2.54. The summed E-state index contributed by atoms with van der Waals surface area (Å²) in [6.45, 7) is 2.60. The Morgan fingerprint density at radius 3 is 2.89 bits per heavy atom. The quantitative estimate of drug-likeness (QED) is 0.809. The lowest BCUT2D eigenvalue weighted by Crippen LogP contribution is -2.22. The van der Waals surface area contributed by atoms with Crippen LogP contribution in [-0.2, 0) is 0 Å². The van der Waals surface area contributed by atoms with E-state index in [4.69, 9.17) is 5.73 Å². The van der Waals surface area contributed by atoms with Crippen molar-refractivity contribution in [2.24, 2.45) is 0 Å². The van der Waals surface area contributed by atoms with Crippen LogP contribution in [0.2, 0.25) is 0 Å². The fourth-order valence-electron chi connectivity index (χ4n) is 2.01. The highest BCUT2D eigenvalue weighted by Gasteiger charge is 2.09. The van der Waals surface area contributed by atoms with Gasteiger partial charge in [0.15, 0.2) is 0 Å². The number of nitrogens with two attached hydrogens (primary N) is 1. The number of anilines is 2. The summed E-state index contributed by atoms with van der Waals surface area (Å²) in [5.74, 6) is 0. The molecule has 1 heterocycles. The molecule has 0 aliphatic carbocycles. The molecule has 0 amide bonds. The van der Waals surface area contributed by atoms with Crippen molar-refractivity contribution in [2.45, 2.75) is 19.4 Å². The standard InChI is InChI=1S/C14H19N3O/c1-10(18)7-9-17(2)13-6-5-12(15)14-11(13)4-3-8-16-14/h3-6,8,10,18H,7,9,15H2,1-2H3. The first-order valence-corrected chi connectivity index (χ1v) is 6.12. The molecule has 0 saturated heterocycles. The van der Waals surface area contributed by atoms with Crippen molar-refractivity contribution in [3.05, 3.63) is 30.5 Å². The van der Waals surface area contributed by atoms with Gasteiger partial charge in [-0.3, -0.25) is 4.98 Å². The van der Waals surface area contributed by atoms with Crippen molar-refractivity contribution in [3.8, 4) is 0 Å². The first-order chi connectivity index (χ1) is 8.59. The van der Waals surface area contributed by atoms with Gasteiger partial charge in [0.25, 0.3) is 0 Å². The van der Waals surface area contributed by atoms with Crippen molar-refractivity contribution in [3.63, 3.8) is 0 Å². The Bertz CT molecular complexity index is 540. The fourth-order valence-corrected chi connectivity index (χ4v) is 2.01. The van der Waals surface area contributed by atoms with E-state index in [1.165, 1.54) is 0 Å². The van der Waals surface area contributed by atoms with Crippen molar-refractivity contribution >= 4 is 22.3 Å². The van der Waals surface area contributed by atoms with Crippen molar-refractivity contribution in [1.29, 1.82) is 0 Å².